The summed E-state index contributed by atoms with van der Waals surface area (Å²) in [6.45, 7) is 1.73. The second-order valence-corrected chi connectivity index (χ2v) is 6.03. The summed E-state index contributed by atoms with van der Waals surface area (Å²) in [5, 5.41) is 12.5. The van der Waals surface area contributed by atoms with Gasteiger partial charge in [0.1, 0.15) is 24.2 Å². The molecule has 0 aliphatic carbocycles. The van der Waals surface area contributed by atoms with Crippen LogP contribution in [0.5, 0.6) is 5.75 Å². The van der Waals surface area contributed by atoms with Crippen LogP contribution in [-0.2, 0) is 17.9 Å². The van der Waals surface area contributed by atoms with Gasteiger partial charge in [0.25, 0.3) is 0 Å². The van der Waals surface area contributed by atoms with Crippen molar-refractivity contribution in [1.29, 1.82) is 0 Å². The van der Waals surface area contributed by atoms with Gasteiger partial charge in [-0.1, -0.05) is 29.3 Å². The van der Waals surface area contributed by atoms with Crippen LogP contribution in [0.3, 0.4) is 0 Å². The molecule has 128 valence electrons. The van der Waals surface area contributed by atoms with Crippen molar-refractivity contribution < 1.29 is 19.0 Å². The van der Waals surface area contributed by atoms with Crippen LogP contribution in [0.1, 0.15) is 18.1 Å². The fourth-order valence-corrected chi connectivity index (χ4v) is 2.41. The van der Waals surface area contributed by atoms with Crippen LogP contribution in [0.4, 0.5) is 4.39 Å². The number of aliphatic carboxylic acids is 1. The van der Waals surface area contributed by atoms with Gasteiger partial charge < -0.3 is 15.2 Å². The molecule has 0 aromatic heterocycles. The van der Waals surface area contributed by atoms with Gasteiger partial charge >= 0.3 is 5.97 Å². The summed E-state index contributed by atoms with van der Waals surface area (Å²) in [4.78, 5) is 10.9. The zero-order valence-electron chi connectivity index (χ0n) is 12.9. The number of hydrogen-bond donors (Lipinski definition) is 2. The van der Waals surface area contributed by atoms with Crippen LogP contribution in [-0.4, -0.2) is 17.1 Å². The first-order valence-electron chi connectivity index (χ1n) is 7.18. The lowest BCUT2D eigenvalue weighted by atomic mass is 10.1. The molecule has 0 heterocycles. The average Bonchev–Trinajstić information content (AvgIpc) is 2.53. The Morgan fingerprint density at radius 3 is 2.75 bits per heavy atom. The van der Waals surface area contributed by atoms with Crippen molar-refractivity contribution in [1.82, 2.24) is 5.32 Å². The molecule has 0 fully saturated rings. The summed E-state index contributed by atoms with van der Waals surface area (Å²) in [6, 6.07) is 8.65. The van der Waals surface area contributed by atoms with Crippen LogP contribution in [0.15, 0.2) is 36.4 Å². The maximum Gasteiger partial charge on any atom is 0.320 e. The molecule has 7 heteroatoms. The summed E-state index contributed by atoms with van der Waals surface area (Å²) in [5.74, 6) is -0.933. The van der Waals surface area contributed by atoms with Gasteiger partial charge in [-0.2, -0.15) is 0 Å². The number of nitrogens with one attached hydrogen (secondary N) is 1. The first-order chi connectivity index (χ1) is 11.4. The van der Waals surface area contributed by atoms with Crippen LogP contribution >= 0.6 is 23.2 Å². The SMILES string of the molecule is CC(NCc1cc(Cl)ccc1OCc1c(F)cccc1Cl)C(=O)O. The van der Waals surface area contributed by atoms with E-state index in [2.05, 4.69) is 5.32 Å². The minimum absolute atomic E-state index is 0.0470. The average molecular weight is 372 g/mol. The highest BCUT2D eigenvalue weighted by Gasteiger charge is 2.13. The van der Waals surface area contributed by atoms with E-state index in [0.717, 1.165) is 0 Å². The maximum absolute atomic E-state index is 13.8. The Labute approximate surface area is 149 Å². The van der Waals surface area contributed by atoms with E-state index in [1.165, 1.54) is 19.1 Å². The molecule has 4 nitrogen and oxygen atoms in total. The first kappa shape index (κ1) is 18.5. The molecule has 0 aliphatic heterocycles. The second kappa shape index (κ2) is 8.33. The normalized spacial score (nSPS) is 12.0. The molecule has 0 saturated carbocycles. The Morgan fingerprint density at radius 2 is 2.08 bits per heavy atom. The van der Waals surface area contributed by atoms with E-state index in [4.69, 9.17) is 33.0 Å². The molecular formula is C17H16Cl2FNO3. The Balaban J connectivity index is 2.13. The van der Waals surface area contributed by atoms with Crippen molar-refractivity contribution >= 4 is 29.2 Å². The Bertz CT molecular complexity index is 720. The lowest BCUT2D eigenvalue weighted by Gasteiger charge is -2.15. The number of hydrogen-bond acceptors (Lipinski definition) is 3. The van der Waals surface area contributed by atoms with E-state index in [1.54, 1.807) is 24.3 Å². The summed E-state index contributed by atoms with van der Waals surface area (Å²) in [7, 11) is 0. The highest BCUT2D eigenvalue weighted by Crippen LogP contribution is 2.26. The van der Waals surface area contributed by atoms with Crippen LogP contribution in [0.25, 0.3) is 0 Å². The monoisotopic (exact) mass is 371 g/mol. The van der Waals surface area contributed by atoms with Crippen LogP contribution in [0.2, 0.25) is 10.0 Å². The number of carboxylic acids is 1. The fourth-order valence-electron chi connectivity index (χ4n) is 2.00. The molecule has 2 aromatic carbocycles. The van der Waals surface area contributed by atoms with Gasteiger partial charge in [-0.05, 0) is 37.3 Å². The molecule has 0 saturated heterocycles. The Kier molecular flexibility index (Phi) is 6.43. The van der Waals surface area contributed by atoms with Crippen molar-refractivity contribution in [3.8, 4) is 5.75 Å². The van der Waals surface area contributed by atoms with E-state index in [1.807, 2.05) is 0 Å². The summed E-state index contributed by atoms with van der Waals surface area (Å²) >= 11 is 12.0. The van der Waals surface area contributed by atoms with Gasteiger partial charge in [-0.25, -0.2) is 4.39 Å². The van der Waals surface area contributed by atoms with Gasteiger partial charge in [0.2, 0.25) is 0 Å². The molecule has 0 amide bonds. The smallest absolute Gasteiger partial charge is 0.320 e. The van der Waals surface area contributed by atoms with E-state index in [0.29, 0.717) is 16.3 Å². The number of ether oxygens (including phenoxy) is 1. The number of carboxylic acid groups (broad SMARTS) is 1. The highest BCUT2D eigenvalue weighted by molar-refractivity contribution is 6.31. The van der Waals surface area contributed by atoms with Crippen molar-refractivity contribution in [2.45, 2.75) is 26.1 Å². The standard InChI is InChI=1S/C17H16Cl2FNO3/c1-10(17(22)23)21-8-11-7-12(18)5-6-16(11)24-9-13-14(19)3-2-4-15(13)20/h2-7,10,21H,8-9H2,1H3,(H,22,23). The largest absolute Gasteiger partial charge is 0.488 e. The molecule has 2 rings (SSSR count). The third kappa shape index (κ3) is 4.84. The molecule has 0 bridgehead atoms. The summed E-state index contributed by atoms with van der Waals surface area (Å²) in [5.41, 5.74) is 0.926. The van der Waals surface area contributed by atoms with Crippen molar-refractivity contribution in [3.63, 3.8) is 0 Å². The van der Waals surface area contributed by atoms with E-state index >= 15 is 0 Å². The zero-order valence-corrected chi connectivity index (χ0v) is 14.4. The molecule has 2 aromatic rings. The predicted octanol–water partition coefficient (Wildman–Crippen LogP) is 4.27. The topological polar surface area (TPSA) is 58.6 Å². The zero-order chi connectivity index (χ0) is 17.7. The third-order valence-corrected chi connectivity index (χ3v) is 4.01. The minimum atomic E-state index is -0.961. The van der Waals surface area contributed by atoms with E-state index in [-0.39, 0.29) is 23.7 Å². The fraction of sp³-hybridized carbons (Fsp3) is 0.235. The Hall–Kier alpha value is -1.82. The van der Waals surface area contributed by atoms with Gasteiger partial charge in [-0.15, -0.1) is 0 Å². The number of halogens is 3. The van der Waals surface area contributed by atoms with Crippen LogP contribution in [0, 0.1) is 5.82 Å². The molecule has 2 N–H and O–H groups in total. The van der Waals surface area contributed by atoms with Crippen LogP contribution < -0.4 is 10.1 Å². The van der Waals surface area contributed by atoms with E-state index in [9.17, 15) is 9.18 Å². The summed E-state index contributed by atoms with van der Waals surface area (Å²) in [6.07, 6.45) is 0. The van der Waals surface area contributed by atoms with Crippen molar-refractivity contribution in [2.75, 3.05) is 0 Å². The van der Waals surface area contributed by atoms with Gasteiger partial charge in [0.15, 0.2) is 0 Å². The minimum Gasteiger partial charge on any atom is -0.488 e. The Morgan fingerprint density at radius 1 is 1.33 bits per heavy atom. The lowest BCUT2D eigenvalue weighted by Crippen LogP contribution is -2.33. The quantitative estimate of drug-likeness (QED) is 0.762. The number of rotatable bonds is 7. The van der Waals surface area contributed by atoms with E-state index < -0.39 is 17.8 Å². The van der Waals surface area contributed by atoms with Gasteiger partial charge in [-0.3, -0.25) is 4.79 Å². The van der Waals surface area contributed by atoms with Crippen molar-refractivity contribution in [2.24, 2.45) is 0 Å². The molecule has 24 heavy (non-hydrogen) atoms. The number of benzene rings is 2. The van der Waals surface area contributed by atoms with Crippen molar-refractivity contribution in [3.05, 3.63) is 63.4 Å². The van der Waals surface area contributed by atoms with Gasteiger partial charge in [0.05, 0.1) is 5.02 Å². The molecule has 0 spiro atoms. The summed E-state index contributed by atoms with van der Waals surface area (Å²) < 4.78 is 19.5. The lowest BCUT2D eigenvalue weighted by molar-refractivity contribution is -0.139. The predicted molar refractivity (Wildman–Crippen MR) is 91.1 cm³/mol. The first-order valence-corrected chi connectivity index (χ1v) is 7.94. The highest BCUT2D eigenvalue weighted by atomic mass is 35.5. The number of carbonyl (C=O) groups is 1. The molecule has 0 radical (unpaired) electrons. The molecular weight excluding hydrogens is 356 g/mol. The molecule has 0 aliphatic rings. The maximum atomic E-state index is 13.8. The molecule has 1 atom stereocenters. The second-order valence-electron chi connectivity index (χ2n) is 5.18. The third-order valence-electron chi connectivity index (χ3n) is 3.43. The van der Waals surface area contributed by atoms with Gasteiger partial charge in [0, 0.05) is 22.7 Å². The molecule has 1 unspecified atom stereocenters.